The Balaban J connectivity index is 2.40. The zero-order chi connectivity index (χ0) is 18.2. The first-order valence-electron chi connectivity index (χ1n) is 8.17. The van der Waals surface area contributed by atoms with Gasteiger partial charge in [-0.2, -0.15) is 5.26 Å². The lowest BCUT2D eigenvalue weighted by Crippen LogP contribution is -2.17. The number of nitrogens with zero attached hydrogens (tertiary/aromatic N) is 2. The van der Waals surface area contributed by atoms with E-state index in [1.54, 1.807) is 13.2 Å². The monoisotopic (exact) mass is 330 g/mol. The summed E-state index contributed by atoms with van der Waals surface area (Å²) in [5.74, 6) is 6.84. The Bertz CT molecular complexity index is 862. The summed E-state index contributed by atoms with van der Waals surface area (Å²) in [5, 5.41) is 9.58. The highest BCUT2D eigenvalue weighted by molar-refractivity contribution is 5.86. The lowest BCUT2D eigenvalue weighted by atomic mass is 10.0. The van der Waals surface area contributed by atoms with Crippen LogP contribution in [0.25, 0.3) is 5.57 Å². The van der Waals surface area contributed by atoms with Crippen LogP contribution in [0.5, 0.6) is 5.75 Å². The van der Waals surface area contributed by atoms with E-state index in [9.17, 15) is 5.26 Å². The zero-order valence-electron chi connectivity index (χ0n) is 15.1. The molecule has 0 aliphatic heterocycles. The fraction of sp³-hybridized carbons (Fsp3) is 0.227. The average molecular weight is 330 g/mol. The number of aryl methyl sites for hydroxylation is 1. The van der Waals surface area contributed by atoms with E-state index in [2.05, 4.69) is 29.7 Å². The molecule has 0 saturated carbocycles. The van der Waals surface area contributed by atoms with Gasteiger partial charge in [-0.15, -0.1) is 0 Å². The highest BCUT2D eigenvalue weighted by Gasteiger charge is 2.11. The van der Waals surface area contributed by atoms with Crippen LogP contribution in [-0.4, -0.2) is 20.7 Å². The van der Waals surface area contributed by atoms with Gasteiger partial charge in [-0.05, 0) is 38.1 Å². The number of ether oxygens (including phenoxy) is 1. The standard InChI is InChI=1S/C22H22N2O/c1-5-24(3)22-15-20(25-4)13-14-21(22)19(16-23)8-6-7-18-11-9-17(2)10-12-18/h8-15H,5H2,1-4H3/b19-8+. The number of allylic oxidation sites excluding steroid dienone is 2. The maximum atomic E-state index is 9.58. The predicted octanol–water partition coefficient (Wildman–Crippen LogP) is 4.42. The molecule has 0 aliphatic carbocycles. The molecule has 3 heteroatoms. The topological polar surface area (TPSA) is 36.3 Å². The lowest BCUT2D eigenvalue weighted by Gasteiger charge is -2.21. The van der Waals surface area contributed by atoms with E-state index in [4.69, 9.17) is 4.74 Å². The Labute approximate surface area is 150 Å². The Hall–Kier alpha value is -3.17. The molecular weight excluding hydrogens is 308 g/mol. The fourth-order valence-corrected chi connectivity index (χ4v) is 2.35. The predicted molar refractivity (Wildman–Crippen MR) is 104 cm³/mol. The van der Waals surface area contributed by atoms with E-state index in [0.717, 1.165) is 29.1 Å². The first-order valence-corrected chi connectivity index (χ1v) is 8.17. The summed E-state index contributed by atoms with van der Waals surface area (Å²) in [4.78, 5) is 2.08. The van der Waals surface area contributed by atoms with Gasteiger partial charge in [0.15, 0.2) is 0 Å². The van der Waals surface area contributed by atoms with Crippen molar-refractivity contribution in [3.05, 3.63) is 65.2 Å². The van der Waals surface area contributed by atoms with Gasteiger partial charge in [0.1, 0.15) is 11.8 Å². The molecule has 3 nitrogen and oxygen atoms in total. The smallest absolute Gasteiger partial charge is 0.120 e. The summed E-state index contributed by atoms with van der Waals surface area (Å²) in [7, 11) is 3.63. The summed E-state index contributed by atoms with van der Waals surface area (Å²) in [6.45, 7) is 4.93. The number of rotatable bonds is 4. The summed E-state index contributed by atoms with van der Waals surface area (Å²) in [6, 6.07) is 16.0. The van der Waals surface area contributed by atoms with Crippen LogP contribution in [-0.2, 0) is 0 Å². The quantitative estimate of drug-likeness (QED) is 0.615. The van der Waals surface area contributed by atoms with Crippen molar-refractivity contribution < 1.29 is 4.74 Å². The maximum Gasteiger partial charge on any atom is 0.120 e. The lowest BCUT2D eigenvalue weighted by molar-refractivity contribution is 0.415. The third-order valence-electron chi connectivity index (χ3n) is 3.99. The number of anilines is 1. The molecule has 0 bridgehead atoms. The van der Waals surface area contributed by atoms with E-state index in [0.29, 0.717) is 5.57 Å². The molecule has 2 aromatic carbocycles. The first kappa shape index (κ1) is 18.2. The number of benzene rings is 2. The molecule has 2 aromatic rings. The molecule has 0 saturated heterocycles. The van der Waals surface area contributed by atoms with Crippen molar-refractivity contribution in [1.29, 1.82) is 5.26 Å². The molecule has 126 valence electrons. The molecule has 0 fully saturated rings. The SMILES string of the molecule is CCN(C)c1cc(OC)ccc1/C(C#N)=C/C#Cc1ccc(C)cc1. The van der Waals surface area contributed by atoms with Crippen molar-refractivity contribution in [2.24, 2.45) is 0 Å². The molecule has 0 aromatic heterocycles. The molecule has 0 atom stereocenters. The average Bonchev–Trinajstić information content (AvgIpc) is 2.65. The normalized spacial score (nSPS) is 10.4. The number of hydrogen-bond donors (Lipinski definition) is 0. The van der Waals surface area contributed by atoms with Crippen LogP contribution in [0, 0.1) is 30.1 Å². The number of nitriles is 1. The second-order valence-electron chi connectivity index (χ2n) is 5.70. The Morgan fingerprint density at radius 2 is 1.92 bits per heavy atom. The van der Waals surface area contributed by atoms with E-state index in [-0.39, 0.29) is 0 Å². The van der Waals surface area contributed by atoms with Gasteiger partial charge >= 0.3 is 0 Å². The third-order valence-corrected chi connectivity index (χ3v) is 3.99. The van der Waals surface area contributed by atoms with E-state index >= 15 is 0 Å². The van der Waals surface area contributed by atoms with Gasteiger partial charge in [0, 0.05) is 42.5 Å². The summed E-state index contributed by atoms with van der Waals surface area (Å²) in [6.07, 6.45) is 1.68. The second kappa shape index (κ2) is 8.62. The highest BCUT2D eigenvalue weighted by atomic mass is 16.5. The number of hydrogen-bond acceptors (Lipinski definition) is 3. The van der Waals surface area contributed by atoms with Gasteiger partial charge in [0.2, 0.25) is 0 Å². The fourth-order valence-electron chi connectivity index (χ4n) is 2.35. The van der Waals surface area contributed by atoms with Gasteiger partial charge in [-0.3, -0.25) is 0 Å². The van der Waals surface area contributed by atoms with Gasteiger partial charge < -0.3 is 9.64 Å². The highest BCUT2D eigenvalue weighted by Crippen LogP contribution is 2.30. The number of methoxy groups -OCH3 is 1. The van der Waals surface area contributed by atoms with E-state index in [1.807, 2.05) is 56.4 Å². The van der Waals surface area contributed by atoms with Crippen LogP contribution in [0.1, 0.15) is 23.6 Å². The Morgan fingerprint density at radius 3 is 2.52 bits per heavy atom. The second-order valence-corrected chi connectivity index (χ2v) is 5.70. The minimum absolute atomic E-state index is 0.539. The Morgan fingerprint density at radius 1 is 1.20 bits per heavy atom. The first-order chi connectivity index (χ1) is 12.1. The van der Waals surface area contributed by atoms with Crippen LogP contribution < -0.4 is 9.64 Å². The molecule has 0 aliphatic rings. The Kier molecular flexibility index (Phi) is 6.26. The van der Waals surface area contributed by atoms with Crippen LogP contribution in [0.4, 0.5) is 5.69 Å². The van der Waals surface area contributed by atoms with Crippen molar-refractivity contribution >= 4 is 11.3 Å². The minimum Gasteiger partial charge on any atom is -0.497 e. The van der Waals surface area contributed by atoms with Crippen molar-refractivity contribution in [3.63, 3.8) is 0 Å². The molecule has 0 spiro atoms. The molecule has 0 radical (unpaired) electrons. The van der Waals surface area contributed by atoms with Crippen molar-refractivity contribution in [2.45, 2.75) is 13.8 Å². The minimum atomic E-state index is 0.539. The van der Waals surface area contributed by atoms with Gasteiger partial charge in [0.25, 0.3) is 0 Å². The summed E-state index contributed by atoms with van der Waals surface area (Å²) >= 11 is 0. The van der Waals surface area contributed by atoms with Crippen LogP contribution in [0.2, 0.25) is 0 Å². The molecule has 0 amide bonds. The van der Waals surface area contributed by atoms with Crippen LogP contribution >= 0.6 is 0 Å². The zero-order valence-corrected chi connectivity index (χ0v) is 15.1. The molecule has 0 unspecified atom stereocenters. The van der Waals surface area contributed by atoms with Gasteiger partial charge in [-0.1, -0.05) is 29.5 Å². The van der Waals surface area contributed by atoms with Crippen molar-refractivity contribution in [3.8, 4) is 23.7 Å². The third kappa shape index (κ3) is 4.66. The van der Waals surface area contributed by atoms with Crippen molar-refractivity contribution in [2.75, 3.05) is 25.6 Å². The van der Waals surface area contributed by atoms with E-state index in [1.165, 1.54) is 5.56 Å². The van der Waals surface area contributed by atoms with Crippen LogP contribution in [0.3, 0.4) is 0 Å². The maximum absolute atomic E-state index is 9.58. The van der Waals surface area contributed by atoms with Crippen molar-refractivity contribution in [1.82, 2.24) is 0 Å². The largest absolute Gasteiger partial charge is 0.497 e. The summed E-state index contributed by atoms with van der Waals surface area (Å²) in [5.41, 5.74) is 4.47. The molecule has 0 heterocycles. The molecule has 25 heavy (non-hydrogen) atoms. The van der Waals surface area contributed by atoms with Gasteiger partial charge in [0.05, 0.1) is 12.7 Å². The molecule has 2 rings (SSSR count). The molecular formula is C22H22N2O. The molecule has 0 N–H and O–H groups in total. The van der Waals surface area contributed by atoms with Crippen LogP contribution in [0.15, 0.2) is 48.5 Å². The summed E-state index contributed by atoms with van der Waals surface area (Å²) < 4.78 is 5.31. The van der Waals surface area contributed by atoms with Gasteiger partial charge in [-0.25, -0.2) is 0 Å². The van der Waals surface area contributed by atoms with E-state index < -0.39 is 0 Å².